The number of amides is 1. The van der Waals surface area contributed by atoms with Gasteiger partial charge in [-0.2, -0.15) is 0 Å². The Labute approximate surface area is 176 Å². The molecule has 1 amide bonds. The number of nitrogens with one attached hydrogen (secondary N) is 1. The second kappa shape index (κ2) is 8.79. The second-order valence-electron chi connectivity index (χ2n) is 8.13. The molecule has 0 bridgehead atoms. The minimum atomic E-state index is -0.281. The summed E-state index contributed by atoms with van der Waals surface area (Å²) >= 11 is 0. The highest BCUT2D eigenvalue weighted by molar-refractivity contribution is 6.10. The van der Waals surface area contributed by atoms with E-state index < -0.39 is 0 Å². The lowest BCUT2D eigenvalue weighted by Gasteiger charge is -2.19. The number of phenolic OH excluding ortho intramolecular Hbond substituents is 1. The van der Waals surface area contributed by atoms with E-state index in [1.54, 1.807) is 37.3 Å². The van der Waals surface area contributed by atoms with Crippen LogP contribution in [0.25, 0.3) is 21.9 Å². The molecule has 0 aliphatic heterocycles. The van der Waals surface area contributed by atoms with Gasteiger partial charge in [0.15, 0.2) is 0 Å². The summed E-state index contributed by atoms with van der Waals surface area (Å²) in [4.78, 5) is 19.7. The van der Waals surface area contributed by atoms with Crippen molar-refractivity contribution in [3.63, 3.8) is 0 Å². The smallest absolute Gasteiger partial charge is 0.270 e. The molecule has 0 spiro atoms. The molecule has 0 saturated carbocycles. The highest BCUT2D eigenvalue weighted by atomic mass is 19.1. The van der Waals surface area contributed by atoms with E-state index in [1.165, 1.54) is 6.07 Å². The van der Waals surface area contributed by atoms with Gasteiger partial charge < -0.3 is 15.3 Å². The van der Waals surface area contributed by atoms with Crippen LogP contribution >= 0.6 is 0 Å². The van der Waals surface area contributed by atoms with Gasteiger partial charge in [-0.05, 0) is 73.8 Å². The van der Waals surface area contributed by atoms with Crippen molar-refractivity contribution in [1.29, 1.82) is 0 Å². The summed E-state index contributed by atoms with van der Waals surface area (Å²) in [5, 5.41) is 14.4. The number of hydrogen-bond donors (Lipinski definition) is 2. The number of halogens is 1. The largest absolute Gasteiger partial charge is 0.508 e. The predicted octanol–water partition coefficient (Wildman–Crippen LogP) is 4.47. The summed E-state index contributed by atoms with van der Waals surface area (Å²) in [5.41, 5.74) is 3.27. The van der Waals surface area contributed by atoms with Crippen LogP contribution in [-0.2, 0) is 0 Å². The minimum Gasteiger partial charge on any atom is -0.508 e. The normalized spacial score (nSPS) is 11.5. The highest BCUT2D eigenvalue weighted by Gasteiger charge is 2.22. The number of pyridine rings is 1. The van der Waals surface area contributed by atoms with Crippen molar-refractivity contribution in [2.75, 3.05) is 27.2 Å². The summed E-state index contributed by atoms with van der Waals surface area (Å²) in [5.74, 6) is -0.449. The third-order valence-corrected chi connectivity index (χ3v) is 5.07. The maximum absolute atomic E-state index is 13.9. The lowest BCUT2D eigenvalue weighted by atomic mass is 9.90. The molecule has 1 heterocycles. The van der Waals surface area contributed by atoms with Crippen LogP contribution < -0.4 is 5.32 Å². The van der Waals surface area contributed by atoms with E-state index in [1.807, 2.05) is 32.8 Å². The second-order valence-corrected chi connectivity index (χ2v) is 8.13. The summed E-state index contributed by atoms with van der Waals surface area (Å²) in [6.07, 6.45) is 0. The van der Waals surface area contributed by atoms with E-state index >= 15 is 0 Å². The number of aromatic nitrogens is 1. The molecule has 0 fully saturated rings. The predicted molar refractivity (Wildman–Crippen MR) is 119 cm³/mol. The first-order valence-electron chi connectivity index (χ1n) is 10.0. The summed E-state index contributed by atoms with van der Waals surface area (Å²) in [6.45, 7) is 6.95. The zero-order chi connectivity index (χ0) is 22.0. The van der Waals surface area contributed by atoms with Gasteiger partial charge in [0, 0.05) is 24.0 Å². The molecule has 0 atom stereocenters. The van der Waals surface area contributed by atoms with E-state index in [9.17, 15) is 14.3 Å². The maximum atomic E-state index is 13.9. The first-order valence-corrected chi connectivity index (χ1v) is 10.0. The Bertz CT molecular complexity index is 1090. The molecular weight excluding hydrogens is 381 g/mol. The minimum absolute atomic E-state index is 0.0388. The summed E-state index contributed by atoms with van der Waals surface area (Å²) in [6, 6.07) is 9.93. The highest BCUT2D eigenvalue weighted by Crippen LogP contribution is 2.38. The van der Waals surface area contributed by atoms with Crippen molar-refractivity contribution in [2.45, 2.75) is 26.7 Å². The molecule has 30 heavy (non-hydrogen) atoms. The SMILES string of the molecule is Cc1cc(-c2c(C(C)C)nc(C(=O)NCCN(C)C)c3cc(O)ccc23)ccc1F. The number of aryl methyl sites for hydroxylation is 1. The molecule has 0 unspecified atom stereocenters. The van der Waals surface area contributed by atoms with Crippen molar-refractivity contribution in [3.8, 4) is 16.9 Å². The van der Waals surface area contributed by atoms with Crippen LogP contribution in [0.5, 0.6) is 5.75 Å². The van der Waals surface area contributed by atoms with E-state index in [0.717, 1.165) is 22.2 Å². The van der Waals surface area contributed by atoms with Crippen molar-refractivity contribution in [2.24, 2.45) is 0 Å². The zero-order valence-electron chi connectivity index (χ0n) is 18.1. The molecule has 0 radical (unpaired) electrons. The maximum Gasteiger partial charge on any atom is 0.270 e. The van der Waals surface area contributed by atoms with E-state index in [4.69, 9.17) is 4.98 Å². The Morgan fingerprint density at radius 3 is 2.53 bits per heavy atom. The Hall–Kier alpha value is -2.99. The average molecular weight is 410 g/mol. The van der Waals surface area contributed by atoms with Gasteiger partial charge >= 0.3 is 0 Å². The zero-order valence-corrected chi connectivity index (χ0v) is 18.1. The first kappa shape index (κ1) is 21.7. The number of carbonyl (C=O) groups is 1. The van der Waals surface area contributed by atoms with Gasteiger partial charge in [0.2, 0.25) is 0 Å². The fraction of sp³-hybridized carbons (Fsp3) is 0.333. The Balaban J connectivity index is 2.24. The van der Waals surface area contributed by atoms with Crippen LogP contribution in [-0.4, -0.2) is 48.1 Å². The van der Waals surface area contributed by atoms with Gasteiger partial charge in [-0.25, -0.2) is 9.37 Å². The number of benzene rings is 2. The lowest BCUT2D eigenvalue weighted by Crippen LogP contribution is -2.32. The molecule has 3 aromatic rings. The van der Waals surface area contributed by atoms with Gasteiger partial charge in [0.25, 0.3) is 5.91 Å². The van der Waals surface area contributed by atoms with Crippen molar-refractivity contribution in [3.05, 3.63) is 59.2 Å². The van der Waals surface area contributed by atoms with Gasteiger partial charge in [-0.1, -0.05) is 19.9 Å². The third kappa shape index (κ3) is 4.44. The van der Waals surface area contributed by atoms with E-state index in [0.29, 0.717) is 24.0 Å². The number of carbonyl (C=O) groups excluding carboxylic acids is 1. The third-order valence-electron chi connectivity index (χ3n) is 5.07. The van der Waals surface area contributed by atoms with Gasteiger partial charge in [-0.15, -0.1) is 0 Å². The Kier molecular flexibility index (Phi) is 6.37. The fourth-order valence-electron chi connectivity index (χ4n) is 3.49. The lowest BCUT2D eigenvalue weighted by molar-refractivity contribution is 0.0947. The molecule has 6 heteroatoms. The summed E-state index contributed by atoms with van der Waals surface area (Å²) < 4.78 is 13.9. The van der Waals surface area contributed by atoms with E-state index in [-0.39, 0.29) is 29.1 Å². The number of nitrogens with zero attached hydrogens (tertiary/aromatic N) is 2. The Morgan fingerprint density at radius 1 is 1.17 bits per heavy atom. The topological polar surface area (TPSA) is 65.5 Å². The molecule has 2 aromatic carbocycles. The van der Waals surface area contributed by atoms with Crippen LogP contribution in [0.3, 0.4) is 0 Å². The number of likely N-dealkylation sites (N-methyl/N-ethyl adjacent to an activating group) is 1. The molecule has 0 saturated heterocycles. The summed E-state index contributed by atoms with van der Waals surface area (Å²) in [7, 11) is 3.88. The molecule has 5 nitrogen and oxygen atoms in total. The number of fused-ring (bicyclic) bond motifs is 1. The van der Waals surface area contributed by atoms with Crippen LogP contribution in [0, 0.1) is 12.7 Å². The molecule has 2 N–H and O–H groups in total. The average Bonchev–Trinajstić information content (AvgIpc) is 2.68. The van der Waals surface area contributed by atoms with Crippen LogP contribution in [0.2, 0.25) is 0 Å². The molecule has 158 valence electrons. The standard InChI is InChI=1S/C24H28FN3O2/c1-14(2)22-21(16-6-9-20(25)15(3)12-16)18-8-7-17(29)13-19(18)23(27-22)24(30)26-10-11-28(4)5/h6-9,12-14,29H,10-11H2,1-5H3,(H,26,30). The van der Waals surface area contributed by atoms with Gasteiger partial charge in [0.05, 0.1) is 5.69 Å². The number of phenols is 1. The van der Waals surface area contributed by atoms with Crippen LogP contribution in [0.4, 0.5) is 4.39 Å². The van der Waals surface area contributed by atoms with Crippen LogP contribution in [0.15, 0.2) is 36.4 Å². The van der Waals surface area contributed by atoms with E-state index in [2.05, 4.69) is 5.32 Å². The van der Waals surface area contributed by atoms with Gasteiger partial charge in [-0.3, -0.25) is 4.79 Å². The number of rotatable bonds is 6. The fourth-order valence-corrected chi connectivity index (χ4v) is 3.49. The van der Waals surface area contributed by atoms with Crippen molar-refractivity contribution < 1.29 is 14.3 Å². The van der Waals surface area contributed by atoms with Crippen LogP contribution in [0.1, 0.15) is 41.5 Å². The van der Waals surface area contributed by atoms with Crippen molar-refractivity contribution >= 4 is 16.7 Å². The number of hydrogen-bond acceptors (Lipinski definition) is 4. The van der Waals surface area contributed by atoms with Crippen molar-refractivity contribution in [1.82, 2.24) is 15.2 Å². The molecule has 1 aromatic heterocycles. The molecule has 0 aliphatic rings. The molecule has 3 rings (SSSR count). The van der Waals surface area contributed by atoms with Gasteiger partial charge in [0.1, 0.15) is 17.3 Å². The monoisotopic (exact) mass is 409 g/mol. The quantitative estimate of drug-likeness (QED) is 0.630. The number of aromatic hydroxyl groups is 1. The first-order chi connectivity index (χ1) is 14.2. The Morgan fingerprint density at radius 2 is 1.90 bits per heavy atom. The molecule has 0 aliphatic carbocycles. The molecular formula is C24H28FN3O2.